The zero-order valence-electron chi connectivity index (χ0n) is 20.5. The van der Waals surface area contributed by atoms with Crippen LogP contribution < -0.4 is 10.1 Å². The van der Waals surface area contributed by atoms with E-state index in [1.807, 2.05) is 41.8 Å². The lowest BCUT2D eigenvalue weighted by atomic mass is 9.83. The maximum Gasteiger partial charge on any atom is 0.253 e. The standard InChI is InChI=1S/C28H26Cl3N3O2/c1-15-11-22-24(28(2,3)4)19(27(35)33-21-9-10-36-23-8-6-5-7-17(21)23)14-32-34(22)26(15)18-12-16(29)13-20(30)25(18)31/h5-8,11-14,21H,9-10H2,1-4H3,(H,33,35)/t21-/m0/s1. The van der Waals surface area contributed by atoms with Crippen LogP contribution in [0.2, 0.25) is 15.1 Å². The van der Waals surface area contributed by atoms with Crippen LogP contribution in [0.1, 0.15) is 60.3 Å². The van der Waals surface area contributed by atoms with Crippen molar-refractivity contribution in [3.05, 3.63) is 86.0 Å². The lowest BCUT2D eigenvalue weighted by molar-refractivity contribution is 0.0922. The highest BCUT2D eigenvalue weighted by molar-refractivity contribution is 6.45. The third kappa shape index (κ3) is 4.34. The first-order valence-electron chi connectivity index (χ1n) is 11.8. The highest BCUT2D eigenvalue weighted by atomic mass is 35.5. The van der Waals surface area contributed by atoms with Gasteiger partial charge >= 0.3 is 0 Å². The van der Waals surface area contributed by atoms with Crippen LogP contribution in [0.4, 0.5) is 0 Å². The van der Waals surface area contributed by atoms with Crippen LogP contribution in [-0.2, 0) is 5.41 Å². The smallest absolute Gasteiger partial charge is 0.253 e. The summed E-state index contributed by atoms with van der Waals surface area (Å²) in [6, 6.07) is 13.1. The summed E-state index contributed by atoms with van der Waals surface area (Å²) in [5.41, 5.74) is 5.34. The van der Waals surface area contributed by atoms with Crippen LogP contribution >= 0.6 is 34.8 Å². The van der Waals surface area contributed by atoms with E-state index >= 15 is 0 Å². The molecule has 0 spiro atoms. The number of carbonyl (C=O) groups excluding carboxylic acids is 1. The second-order valence-corrected chi connectivity index (χ2v) is 11.3. The Hall–Kier alpha value is -2.73. The van der Waals surface area contributed by atoms with Gasteiger partial charge in [0.15, 0.2) is 0 Å². The van der Waals surface area contributed by atoms with Gasteiger partial charge in [0.1, 0.15) is 5.75 Å². The van der Waals surface area contributed by atoms with Crippen LogP contribution in [0, 0.1) is 6.92 Å². The lowest BCUT2D eigenvalue weighted by Gasteiger charge is -2.28. The summed E-state index contributed by atoms with van der Waals surface area (Å²) in [7, 11) is 0. The number of halogens is 3. The summed E-state index contributed by atoms with van der Waals surface area (Å²) in [5.74, 6) is 0.642. The first kappa shape index (κ1) is 24.9. The Morgan fingerprint density at radius 3 is 2.64 bits per heavy atom. The highest BCUT2D eigenvalue weighted by Gasteiger charge is 2.30. The van der Waals surface area contributed by atoms with Crippen LogP contribution in [0.15, 0.2) is 48.7 Å². The molecule has 5 rings (SSSR count). The number of ether oxygens (including phenoxy) is 1. The second kappa shape index (κ2) is 9.29. The molecule has 0 radical (unpaired) electrons. The summed E-state index contributed by atoms with van der Waals surface area (Å²) >= 11 is 19.2. The Balaban J connectivity index is 1.64. The molecular weight excluding hydrogens is 517 g/mol. The van der Waals surface area contributed by atoms with Crippen molar-refractivity contribution in [2.45, 2.75) is 45.6 Å². The molecule has 1 N–H and O–H groups in total. The van der Waals surface area contributed by atoms with Crippen LogP contribution in [0.3, 0.4) is 0 Å². The minimum Gasteiger partial charge on any atom is -0.493 e. The fraction of sp³-hybridized carbons (Fsp3) is 0.286. The lowest BCUT2D eigenvalue weighted by Crippen LogP contribution is -2.34. The van der Waals surface area contributed by atoms with E-state index in [0.29, 0.717) is 39.2 Å². The summed E-state index contributed by atoms with van der Waals surface area (Å²) in [4.78, 5) is 13.7. The van der Waals surface area contributed by atoms with Crippen molar-refractivity contribution >= 4 is 46.2 Å². The number of aromatic nitrogens is 2. The Labute approximate surface area is 225 Å². The van der Waals surface area contributed by atoms with E-state index in [2.05, 4.69) is 26.1 Å². The molecule has 0 saturated heterocycles. The molecule has 0 unspecified atom stereocenters. The molecule has 5 nitrogen and oxygen atoms in total. The Morgan fingerprint density at radius 1 is 1.14 bits per heavy atom. The normalized spacial score (nSPS) is 15.5. The first-order chi connectivity index (χ1) is 17.1. The molecule has 0 aliphatic carbocycles. The predicted molar refractivity (Wildman–Crippen MR) is 146 cm³/mol. The summed E-state index contributed by atoms with van der Waals surface area (Å²) in [5, 5.41) is 9.18. The molecule has 1 aliphatic rings. The monoisotopic (exact) mass is 541 g/mol. The molecule has 0 saturated carbocycles. The molecule has 0 fully saturated rings. The van der Waals surface area contributed by atoms with Crippen LogP contribution in [0.25, 0.3) is 16.8 Å². The average Bonchev–Trinajstić information content (AvgIpc) is 3.15. The summed E-state index contributed by atoms with van der Waals surface area (Å²) < 4.78 is 7.59. The second-order valence-electron chi connectivity index (χ2n) is 10.1. The molecule has 2 aromatic carbocycles. The van der Waals surface area contributed by atoms with Crippen LogP contribution in [0.5, 0.6) is 5.75 Å². The van der Waals surface area contributed by atoms with E-state index in [-0.39, 0.29) is 17.4 Å². The van der Waals surface area contributed by atoms with Crippen molar-refractivity contribution < 1.29 is 9.53 Å². The number of hydrogen-bond acceptors (Lipinski definition) is 3. The summed E-state index contributed by atoms with van der Waals surface area (Å²) in [6.07, 6.45) is 2.34. The topological polar surface area (TPSA) is 55.6 Å². The molecule has 186 valence electrons. The number of hydrogen-bond donors (Lipinski definition) is 1. The van der Waals surface area contributed by atoms with Gasteiger partial charge in [0, 0.05) is 22.6 Å². The number of nitrogens with zero attached hydrogens (tertiary/aromatic N) is 2. The molecule has 2 aromatic heterocycles. The van der Waals surface area contributed by atoms with Gasteiger partial charge in [0.25, 0.3) is 5.91 Å². The third-order valence-corrected chi connectivity index (χ3v) is 7.52. The van der Waals surface area contributed by atoms with Gasteiger partial charge in [-0.2, -0.15) is 5.10 Å². The maximum absolute atomic E-state index is 13.7. The fourth-order valence-corrected chi connectivity index (χ4v) is 5.67. The van der Waals surface area contributed by atoms with E-state index < -0.39 is 0 Å². The van der Waals surface area contributed by atoms with E-state index in [9.17, 15) is 4.79 Å². The Bertz CT molecular complexity index is 1500. The molecule has 4 aromatic rings. The molecule has 8 heteroatoms. The van der Waals surface area contributed by atoms with Gasteiger partial charge in [-0.3, -0.25) is 4.79 Å². The van der Waals surface area contributed by atoms with Crippen molar-refractivity contribution in [2.24, 2.45) is 0 Å². The van der Waals surface area contributed by atoms with Gasteiger partial charge in [-0.05, 0) is 47.7 Å². The van der Waals surface area contributed by atoms with Crippen molar-refractivity contribution in [1.82, 2.24) is 14.9 Å². The molecule has 36 heavy (non-hydrogen) atoms. The predicted octanol–water partition coefficient (Wildman–Crippen LogP) is 7.82. The Morgan fingerprint density at radius 2 is 1.89 bits per heavy atom. The van der Waals surface area contributed by atoms with Gasteiger partial charge in [-0.25, -0.2) is 4.52 Å². The van der Waals surface area contributed by atoms with Gasteiger partial charge in [-0.1, -0.05) is 73.8 Å². The number of nitrogens with one attached hydrogen (secondary N) is 1. The molecule has 1 aliphatic heterocycles. The zero-order valence-corrected chi connectivity index (χ0v) is 22.7. The SMILES string of the molecule is Cc1cc2c(C(C)(C)C)c(C(=O)N[C@H]3CCOc4ccccc43)cnn2c1-c1cc(Cl)cc(Cl)c1Cl. The quantitative estimate of drug-likeness (QED) is 0.269. The number of carbonyl (C=O) groups is 1. The average molecular weight is 543 g/mol. The molecule has 3 heterocycles. The minimum absolute atomic E-state index is 0.136. The van der Waals surface area contributed by atoms with E-state index in [0.717, 1.165) is 33.7 Å². The largest absolute Gasteiger partial charge is 0.493 e. The van der Waals surface area contributed by atoms with E-state index in [1.165, 1.54) is 0 Å². The van der Waals surface area contributed by atoms with Crippen molar-refractivity contribution in [3.63, 3.8) is 0 Å². The number of para-hydroxylation sites is 1. The maximum atomic E-state index is 13.7. The van der Waals surface area contributed by atoms with Gasteiger partial charge in [-0.15, -0.1) is 0 Å². The third-order valence-electron chi connectivity index (χ3n) is 6.50. The molecule has 1 atom stereocenters. The number of fused-ring (bicyclic) bond motifs is 2. The fourth-order valence-electron chi connectivity index (χ4n) is 4.98. The van der Waals surface area contributed by atoms with E-state index in [1.54, 1.807) is 18.3 Å². The van der Waals surface area contributed by atoms with Gasteiger partial charge in [0.05, 0.1) is 45.7 Å². The van der Waals surface area contributed by atoms with Crippen molar-refractivity contribution in [1.29, 1.82) is 0 Å². The molecule has 0 bridgehead atoms. The summed E-state index contributed by atoms with van der Waals surface area (Å²) in [6.45, 7) is 8.81. The number of rotatable bonds is 3. The van der Waals surface area contributed by atoms with Crippen molar-refractivity contribution in [2.75, 3.05) is 6.61 Å². The highest BCUT2D eigenvalue weighted by Crippen LogP contribution is 2.41. The number of benzene rings is 2. The first-order valence-corrected chi connectivity index (χ1v) is 12.9. The molecular formula is C28H26Cl3N3O2. The minimum atomic E-state index is -0.345. The zero-order chi connectivity index (χ0) is 25.8. The van der Waals surface area contributed by atoms with Gasteiger partial charge < -0.3 is 10.1 Å². The Kier molecular flexibility index (Phi) is 6.44. The van der Waals surface area contributed by atoms with Gasteiger partial charge in [0.2, 0.25) is 0 Å². The van der Waals surface area contributed by atoms with E-state index in [4.69, 9.17) is 44.6 Å². The molecule has 1 amide bonds. The number of aryl methyl sites for hydroxylation is 1. The number of amides is 1. The van der Waals surface area contributed by atoms with Crippen LogP contribution in [-0.4, -0.2) is 22.1 Å². The van der Waals surface area contributed by atoms with Crippen molar-refractivity contribution in [3.8, 4) is 17.0 Å².